The lowest BCUT2D eigenvalue weighted by molar-refractivity contribution is -0.136. The zero-order chi connectivity index (χ0) is 14.5. The highest BCUT2D eigenvalue weighted by Crippen LogP contribution is 2.23. The minimum atomic E-state index is -0.796. The maximum Gasteiger partial charge on any atom is 0.308 e. The number of nitrogens with one attached hydrogen (secondary N) is 1. The Morgan fingerprint density at radius 3 is 2.70 bits per heavy atom. The van der Waals surface area contributed by atoms with Gasteiger partial charge in [0.15, 0.2) is 0 Å². The third-order valence-electron chi connectivity index (χ3n) is 3.00. The Balaban J connectivity index is 1.93. The van der Waals surface area contributed by atoms with Gasteiger partial charge in [-0.3, -0.25) is 4.79 Å². The monoisotopic (exact) mass is 309 g/mol. The summed E-state index contributed by atoms with van der Waals surface area (Å²) < 4.78 is 0. The van der Waals surface area contributed by atoms with E-state index < -0.39 is 5.97 Å². The van der Waals surface area contributed by atoms with Crippen LogP contribution in [0, 0.1) is 0 Å². The fraction of sp³-hybridized carbons (Fsp3) is 0.267. The zero-order valence-corrected chi connectivity index (χ0v) is 12.7. The molecule has 0 saturated heterocycles. The first-order chi connectivity index (χ1) is 9.56. The molecule has 0 radical (unpaired) electrons. The number of carboxylic acids is 1. The van der Waals surface area contributed by atoms with E-state index >= 15 is 0 Å². The topological polar surface area (TPSA) is 49.3 Å². The number of rotatable bonds is 6. The molecule has 2 rings (SSSR count). The van der Waals surface area contributed by atoms with Crippen LogP contribution in [0.25, 0.3) is 0 Å². The molecule has 1 atom stereocenters. The normalized spacial score (nSPS) is 12.3. The van der Waals surface area contributed by atoms with Crippen molar-refractivity contribution in [3.8, 4) is 0 Å². The number of aliphatic carboxylic acids is 1. The van der Waals surface area contributed by atoms with E-state index in [0.717, 1.165) is 20.3 Å². The molecular weight excluding hydrogens is 294 g/mol. The first-order valence-electron chi connectivity index (χ1n) is 6.33. The second-order valence-corrected chi connectivity index (χ2v) is 6.22. The number of carboxylic acid groups (broad SMARTS) is 1. The van der Waals surface area contributed by atoms with E-state index in [-0.39, 0.29) is 12.5 Å². The lowest BCUT2D eigenvalue weighted by atomic mass is 10.1. The van der Waals surface area contributed by atoms with E-state index in [1.807, 2.05) is 36.4 Å². The molecule has 3 nitrogen and oxygen atoms in total. The molecule has 0 spiro atoms. The fourth-order valence-corrected chi connectivity index (χ4v) is 3.21. The molecule has 0 bridgehead atoms. The van der Waals surface area contributed by atoms with Gasteiger partial charge in [-0.2, -0.15) is 0 Å². The number of hydrogen-bond donors (Lipinski definition) is 2. The van der Waals surface area contributed by atoms with E-state index in [0.29, 0.717) is 6.54 Å². The summed E-state index contributed by atoms with van der Waals surface area (Å²) in [6, 6.07) is 11.8. The van der Waals surface area contributed by atoms with Crippen molar-refractivity contribution in [2.45, 2.75) is 25.9 Å². The van der Waals surface area contributed by atoms with Crippen LogP contribution in [0.2, 0.25) is 5.02 Å². The highest BCUT2D eigenvalue weighted by atomic mass is 35.5. The van der Waals surface area contributed by atoms with Gasteiger partial charge in [-0.1, -0.05) is 29.8 Å². The van der Waals surface area contributed by atoms with Crippen molar-refractivity contribution >= 4 is 28.9 Å². The van der Waals surface area contributed by atoms with Crippen LogP contribution in [0.1, 0.15) is 28.3 Å². The molecule has 0 aliphatic carbocycles. The summed E-state index contributed by atoms with van der Waals surface area (Å²) >= 11 is 7.69. The summed E-state index contributed by atoms with van der Waals surface area (Å²) in [7, 11) is 0. The van der Waals surface area contributed by atoms with Crippen LogP contribution < -0.4 is 5.32 Å². The third kappa shape index (κ3) is 4.07. The first-order valence-corrected chi connectivity index (χ1v) is 7.53. The van der Waals surface area contributed by atoms with Crippen LogP contribution in [0.5, 0.6) is 0 Å². The van der Waals surface area contributed by atoms with E-state index in [9.17, 15) is 4.79 Å². The molecule has 0 saturated carbocycles. The Kier molecular flexibility index (Phi) is 5.17. The molecule has 0 aliphatic rings. The average Bonchev–Trinajstić information content (AvgIpc) is 2.83. The van der Waals surface area contributed by atoms with Gasteiger partial charge in [0.2, 0.25) is 0 Å². The number of thiophene rings is 1. The maximum atomic E-state index is 10.6. The molecule has 2 aromatic rings. The predicted octanol–water partition coefficient (Wildman–Crippen LogP) is 3.88. The maximum absolute atomic E-state index is 10.6. The molecule has 106 valence electrons. The van der Waals surface area contributed by atoms with Gasteiger partial charge < -0.3 is 10.4 Å². The van der Waals surface area contributed by atoms with Gasteiger partial charge in [0.1, 0.15) is 0 Å². The molecule has 5 heteroatoms. The first kappa shape index (κ1) is 15.0. The van der Waals surface area contributed by atoms with Gasteiger partial charge in [0, 0.05) is 27.4 Å². The van der Waals surface area contributed by atoms with Crippen molar-refractivity contribution in [3.63, 3.8) is 0 Å². The summed E-state index contributed by atoms with van der Waals surface area (Å²) in [6.07, 6.45) is 0.0880. The zero-order valence-electron chi connectivity index (χ0n) is 11.1. The van der Waals surface area contributed by atoms with Crippen LogP contribution in [-0.4, -0.2) is 11.1 Å². The van der Waals surface area contributed by atoms with E-state index in [4.69, 9.17) is 16.7 Å². The Labute approximate surface area is 127 Å². The molecule has 1 aromatic carbocycles. The highest BCUT2D eigenvalue weighted by Gasteiger charge is 2.09. The molecule has 0 fully saturated rings. The average molecular weight is 310 g/mol. The van der Waals surface area contributed by atoms with Crippen LogP contribution in [0.15, 0.2) is 36.4 Å². The molecule has 1 aromatic heterocycles. The lowest BCUT2D eigenvalue weighted by Crippen LogP contribution is -2.17. The molecule has 0 unspecified atom stereocenters. The number of benzene rings is 1. The largest absolute Gasteiger partial charge is 0.481 e. The number of hydrogen-bond acceptors (Lipinski definition) is 3. The van der Waals surface area contributed by atoms with Crippen molar-refractivity contribution in [2.75, 3.05) is 0 Å². The SMILES string of the molecule is C[C@H](NCc1ccc(CC(=O)O)s1)c1ccccc1Cl. The van der Waals surface area contributed by atoms with Crippen molar-refractivity contribution in [1.29, 1.82) is 0 Å². The predicted molar refractivity (Wildman–Crippen MR) is 82.4 cm³/mol. The van der Waals surface area contributed by atoms with Crippen LogP contribution in [0.3, 0.4) is 0 Å². The molecule has 1 heterocycles. The fourth-order valence-electron chi connectivity index (χ4n) is 1.95. The summed E-state index contributed by atoms with van der Waals surface area (Å²) in [5.41, 5.74) is 1.07. The third-order valence-corrected chi connectivity index (χ3v) is 4.43. The quantitative estimate of drug-likeness (QED) is 0.851. The minimum Gasteiger partial charge on any atom is -0.481 e. The summed E-state index contributed by atoms with van der Waals surface area (Å²) in [4.78, 5) is 12.6. The van der Waals surface area contributed by atoms with Gasteiger partial charge in [-0.25, -0.2) is 0 Å². The Hall–Kier alpha value is -1.36. The molecular formula is C15H16ClNO2S. The highest BCUT2D eigenvalue weighted by molar-refractivity contribution is 7.12. The summed E-state index contributed by atoms with van der Waals surface area (Å²) in [6.45, 7) is 2.77. The smallest absolute Gasteiger partial charge is 0.308 e. The van der Waals surface area contributed by atoms with Crippen molar-refractivity contribution < 1.29 is 9.90 Å². The van der Waals surface area contributed by atoms with Gasteiger partial charge in [-0.05, 0) is 30.7 Å². The van der Waals surface area contributed by atoms with Crippen molar-refractivity contribution in [3.05, 3.63) is 56.7 Å². The van der Waals surface area contributed by atoms with Gasteiger partial charge in [0.05, 0.1) is 6.42 Å². The Bertz CT molecular complexity index is 597. The van der Waals surface area contributed by atoms with Gasteiger partial charge in [-0.15, -0.1) is 11.3 Å². The van der Waals surface area contributed by atoms with Gasteiger partial charge in [0.25, 0.3) is 0 Å². The molecule has 2 N–H and O–H groups in total. The van der Waals surface area contributed by atoms with Crippen molar-refractivity contribution in [1.82, 2.24) is 5.32 Å². The number of halogens is 1. The minimum absolute atomic E-state index is 0.0880. The molecule has 0 amide bonds. The van der Waals surface area contributed by atoms with Crippen LogP contribution in [-0.2, 0) is 17.8 Å². The summed E-state index contributed by atoms with van der Waals surface area (Å²) in [5, 5.41) is 12.9. The van der Waals surface area contributed by atoms with E-state index in [1.165, 1.54) is 11.3 Å². The second-order valence-electron chi connectivity index (χ2n) is 4.56. The van der Waals surface area contributed by atoms with Crippen LogP contribution in [0.4, 0.5) is 0 Å². The van der Waals surface area contributed by atoms with Crippen molar-refractivity contribution in [2.24, 2.45) is 0 Å². The lowest BCUT2D eigenvalue weighted by Gasteiger charge is -2.14. The second kappa shape index (κ2) is 6.88. The summed E-state index contributed by atoms with van der Waals surface area (Å²) in [5.74, 6) is -0.796. The Morgan fingerprint density at radius 1 is 1.30 bits per heavy atom. The Morgan fingerprint density at radius 2 is 2.00 bits per heavy atom. The molecule has 20 heavy (non-hydrogen) atoms. The van der Waals surface area contributed by atoms with Crippen LogP contribution >= 0.6 is 22.9 Å². The van der Waals surface area contributed by atoms with E-state index in [2.05, 4.69) is 12.2 Å². The number of carbonyl (C=O) groups is 1. The molecule has 0 aliphatic heterocycles. The van der Waals surface area contributed by atoms with E-state index in [1.54, 1.807) is 0 Å². The standard InChI is InChI=1S/C15H16ClNO2S/c1-10(13-4-2-3-5-14(13)16)17-9-12-7-6-11(20-12)8-15(18)19/h2-7,10,17H,8-9H2,1H3,(H,18,19)/t10-/m0/s1. The van der Waals surface area contributed by atoms with Gasteiger partial charge >= 0.3 is 5.97 Å².